The molecule has 0 atom stereocenters. The molecule has 20 heavy (non-hydrogen) atoms. The fraction of sp³-hybridized carbons (Fsp3) is 0.0667. The summed E-state index contributed by atoms with van der Waals surface area (Å²) in [6.07, 6.45) is 4.72. The molecule has 100 valence electrons. The standard InChI is InChI=1S/C15H11ClN2O2/c16-11-5-12(8-17-7-11)20-15-14-4-2-1-3-13(14)10(9-19)6-18-15/h1-8,19H,9H2. The number of ether oxygens (including phenoxy) is 1. The Morgan fingerprint density at radius 3 is 2.65 bits per heavy atom. The van der Waals surface area contributed by atoms with E-state index in [4.69, 9.17) is 16.3 Å². The quantitative estimate of drug-likeness (QED) is 0.800. The molecule has 2 heterocycles. The van der Waals surface area contributed by atoms with Crippen molar-refractivity contribution in [2.75, 3.05) is 0 Å². The Kier molecular flexibility index (Phi) is 3.50. The summed E-state index contributed by atoms with van der Waals surface area (Å²) in [6.45, 7) is -0.0630. The number of benzene rings is 1. The van der Waals surface area contributed by atoms with E-state index in [1.54, 1.807) is 18.5 Å². The number of hydrogen-bond acceptors (Lipinski definition) is 4. The average Bonchev–Trinajstić information content (AvgIpc) is 2.48. The van der Waals surface area contributed by atoms with Gasteiger partial charge in [0.05, 0.1) is 17.8 Å². The van der Waals surface area contributed by atoms with E-state index < -0.39 is 0 Å². The second-order valence-corrected chi connectivity index (χ2v) is 4.67. The Bertz CT molecular complexity index is 762. The van der Waals surface area contributed by atoms with Crippen molar-refractivity contribution < 1.29 is 9.84 Å². The minimum Gasteiger partial charge on any atom is -0.437 e. The number of aliphatic hydroxyl groups excluding tert-OH is 1. The summed E-state index contributed by atoms with van der Waals surface area (Å²) in [5, 5.41) is 11.6. The average molecular weight is 287 g/mol. The number of aliphatic hydroxyl groups is 1. The zero-order valence-electron chi connectivity index (χ0n) is 10.5. The van der Waals surface area contributed by atoms with Crippen molar-refractivity contribution in [2.24, 2.45) is 0 Å². The first-order chi connectivity index (χ1) is 9.78. The predicted molar refractivity (Wildman–Crippen MR) is 77.0 cm³/mol. The molecule has 0 fully saturated rings. The Morgan fingerprint density at radius 2 is 1.90 bits per heavy atom. The van der Waals surface area contributed by atoms with Crippen molar-refractivity contribution in [3.8, 4) is 11.6 Å². The lowest BCUT2D eigenvalue weighted by molar-refractivity contribution is 0.283. The Balaban J connectivity index is 2.08. The normalized spacial score (nSPS) is 10.7. The van der Waals surface area contributed by atoms with Crippen molar-refractivity contribution in [3.63, 3.8) is 0 Å². The number of halogens is 1. The van der Waals surface area contributed by atoms with Crippen LogP contribution in [0.5, 0.6) is 11.6 Å². The minimum absolute atomic E-state index is 0.0630. The molecule has 0 unspecified atom stereocenters. The lowest BCUT2D eigenvalue weighted by atomic mass is 10.1. The van der Waals surface area contributed by atoms with Crippen molar-refractivity contribution in [2.45, 2.75) is 6.61 Å². The summed E-state index contributed by atoms with van der Waals surface area (Å²) in [5.41, 5.74) is 0.761. The van der Waals surface area contributed by atoms with Gasteiger partial charge in [-0.1, -0.05) is 29.8 Å². The van der Waals surface area contributed by atoms with Gasteiger partial charge in [0.2, 0.25) is 5.88 Å². The first kappa shape index (κ1) is 12.8. The van der Waals surface area contributed by atoms with Crippen molar-refractivity contribution in [3.05, 3.63) is 59.5 Å². The van der Waals surface area contributed by atoms with Crippen LogP contribution in [0, 0.1) is 0 Å². The number of fused-ring (bicyclic) bond motifs is 1. The summed E-state index contributed by atoms with van der Waals surface area (Å²) >= 11 is 5.88. The number of pyridine rings is 2. The van der Waals surface area contributed by atoms with Crippen LogP contribution in [0.2, 0.25) is 5.02 Å². The molecule has 0 saturated carbocycles. The zero-order chi connectivity index (χ0) is 13.9. The van der Waals surface area contributed by atoms with Crippen LogP contribution in [-0.2, 0) is 6.61 Å². The highest BCUT2D eigenvalue weighted by Crippen LogP contribution is 2.30. The molecule has 0 amide bonds. The van der Waals surface area contributed by atoms with Crippen LogP contribution in [0.15, 0.2) is 48.9 Å². The van der Waals surface area contributed by atoms with Gasteiger partial charge in [-0.05, 0) is 11.5 Å². The molecule has 0 aliphatic heterocycles. The molecule has 1 N–H and O–H groups in total. The van der Waals surface area contributed by atoms with Crippen molar-refractivity contribution in [1.29, 1.82) is 0 Å². The van der Waals surface area contributed by atoms with Gasteiger partial charge in [-0.15, -0.1) is 0 Å². The highest BCUT2D eigenvalue weighted by molar-refractivity contribution is 6.30. The van der Waals surface area contributed by atoms with E-state index in [0.29, 0.717) is 16.7 Å². The maximum Gasteiger partial charge on any atom is 0.227 e. The van der Waals surface area contributed by atoms with Gasteiger partial charge >= 0.3 is 0 Å². The van der Waals surface area contributed by atoms with Gasteiger partial charge in [-0.2, -0.15) is 0 Å². The Labute approximate surface area is 120 Å². The van der Waals surface area contributed by atoms with Crippen LogP contribution < -0.4 is 4.74 Å². The molecule has 3 aromatic rings. The van der Waals surface area contributed by atoms with Gasteiger partial charge < -0.3 is 9.84 Å². The lowest BCUT2D eigenvalue weighted by Gasteiger charge is -2.10. The molecule has 1 aromatic carbocycles. The van der Waals surface area contributed by atoms with E-state index in [1.165, 1.54) is 6.20 Å². The summed E-state index contributed by atoms with van der Waals surface area (Å²) in [5.74, 6) is 0.980. The molecular formula is C15H11ClN2O2. The fourth-order valence-electron chi connectivity index (χ4n) is 1.99. The number of hydrogen-bond donors (Lipinski definition) is 1. The monoisotopic (exact) mass is 286 g/mol. The van der Waals surface area contributed by atoms with E-state index in [0.717, 1.165) is 16.3 Å². The smallest absolute Gasteiger partial charge is 0.227 e. The minimum atomic E-state index is -0.0630. The number of rotatable bonds is 3. The molecule has 0 aliphatic rings. The van der Waals surface area contributed by atoms with Gasteiger partial charge in [-0.3, -0.25) is 4.98 Å². The fourth-order valence-corrected chi connectivity index (χ4v) is 2.16. The molecule has 0 bridgehead atoms. The molecule has 0 aliphatic carbocycles. The number of nitrogens with zero attached hydrogens (tertiary/aromatic N) is 2. The van der Waals surface area contributed by atoms with Gasteiger partial charge in [0.25, 0.3) is 0 Å². The van der Waals surface area contributed by atoms with E-state index >= 15 is 0 Å². The summed E-state index contributed by atoms with van der Waals surface area (Å²) < 4.78 is 5.73. The molecule has 0 spiro atoms. The largest absolute Gasteiger partial charge is 0.437 e. The summed E-state index contributed by atoms with van der Waals surface area (Å²) in [6, 6.07) is 9.30. The molecular weight excluding hydrogens is 276 g/mol. The van der Waals surface area contributed by atoms with E-state index in [1.807, 2.05) is 24.3 Å². The highest BCUT2D eigenvalue weighted by Gasteiger charge is 2.09. The maximum atomic E-state index is 9.34. The molecule has 3 rings (SSSR count). The van der Waals surface area contributed by atoms with Gasteiger partial charge in [0.1, 0.15) is 5.75 Å². The van der Waals surface area contributed by atoms with Gasteiger partial charge in [0, 0.05) is 29.4 Å². The second-order valence-electron chi connectivity index (χ2n) is 4.23. The molecule has 5 heteroatoms. The predicted octanol–water partition coefficient (Wildman–Crippen LogP) is 3.57. The topological polar surface area (TPSA) is 55.2 Å². The SMILES string of the molecule is OCc1cnc(Oc2cncc(Cl)c2)c2ccccc12. The van der Waals surface area contributed by atoms with Crippen LogP contribution in [0.1, 0.15) is 5.56 Å². The third kappa shape index (κ3) is 2.43. The number of aromatic nitrogens is 2. The third-order valence-electron chi connectivity index (χ3n) is 2.91. The van der Waals surface area contributed by atoms with Gasteiger partial charge in [0.15, 0.2) is 0 Å². The lowest BCUT2D eigenvalue weighted by Crippen LogP contribution is -1.94. The second kappa shape index (κ2) is 5.45. The third-order valence-corrected chi connectivity index (χ3v) is 3.11. The Hall–Kier alpha value is -2.17. The van der Waals surface area contributed by atoms with E-state index in [9.17, 15) is 5.11 Å². The molecule has 0 radical (unpaired) electrons. The highest BCUT2D eigenvalue weighted by atomic mass is 35.5. The first-order valence-corrected chi connectivity index (χ1v) is 6.41. The van der Waals surface area contributed by atoms with Crippen LogP contribution in [0.3, 0.4) is 0 Å². The Morgan fingerprint density at radius 1 is 1.10 bits per heavy atom. The van der Waals surface area contributed by atoms with Crippen molar-refractivity contribution in [1.82, 2.24) is 9.97 Å². The summed E-state index contributed by atoms with van der Waals surface area (Å²) in [4.78, 5) is 8.22. The molecule has 0 saturated heterocycles. The van der Waals surface area contributed by atoms with Crippen LogP contribution in [0.25, 0.3) is 10.8 Å². The van der Waals surface area contributed by atoms with Crippen molar-refractivity contribution >= 4 is 22.4 Å². The first-order valence-electron chi connectivity index (χ1n) is 6.04. The molecule has 4 nitrogen and oxygen atoms in total. The van der Waals surface area contributed by atoms with Crippen LogP contribution in [-0.4, -0.2) is 15.1 Å². The zero-order valence-corrected chi connectivity index (χ0v) is 11.2. The van der Waals surface area contributed by atoms with Crippen LogP contribution in [0.4, 0.5) is 0 Å². The van der Waals surface area contributed by atoms with Crippen LogP contribution >= 0.6 is 11.6 Å². The van der Waals surface area contributed by atoms with E-state index in [2.05, 4.69) is 9.97 Å². The molecule has 2 aromatic heterocycles. The summed E-state index contributed by atoms with van der Waals surface area (Å²) in [7, 11) is 0. The maximum absolute atomic E-state index is 9.34. The van der Waals surface area contributed by atoms with Gasteiger partial charge in [-0.25, -0.2) is 4.98 Å². The van der Waals surface area contributed by atoms with E-state index in [-0.39, 0.29) is 6.61 Å².